The van der Waals surface area contributed by atoms with Gasteiger partial charge in [0, 0.05) is 16.5 Å². The van der Waals surface area contributed by atoms with Crippen molar-refractivity contribution in [1.82, 2.24) is 4.57 Å². The predicted octanol–water partition coefficient (Wildman–Crippen LogP) is 5.24. The SMILES string of the molecule is [B]c1ccc2c(c1)c1ccccc1n2-c1ccc(-c2ccccc2)cc1. The molecule has 0 unspecified atom stereocenters. The van der Waals surface area contributed by atoms with Crippen molar-refractivity contribution in [2.75, 3.05) is 0 Å². The average Bonchev–Trinajstić information content (AvgIpc) is 3.02. The minimum atomic E-state index is 0.792. The van der Waals surface area contributed by atoms with Crippen LogP contribution in [0.1, 0.15) is 0 Å². The van der Waals surface area contributed by atoms with E-state index in [4.69, 9.17) is 7.85 Å². The molecule has 120 valence electrons. The standard InChI is InChI=1S/C24H16BN/c25-19-12-15-24-22(16-19)21-8-4-5-9-23(21)26(24)20-13-10-18(11-14-20)17-6-2-1-3-7-17/h1-16H. The number of hydrogen-bond acceptors (Lipinski definition) is 0. The maximum atomic E-state index is 6.04. The molecule has 0 spiro atoms. The third-order valence-electron chi connectivity index (χ3n) is 4.93. The van der Waals surface area contributed by atoms with Crippen molar-refractivity contribution in [2.24, 2.45) is 0 Å². The third-order valence-corrected chi connectivity index (χ3v) is 4.93. The fourth-order valence-electron chi connectivity index (χ4n) is 3.70. The van der Waals surface area contributed by atoms with Crippen LogP contribution in [0.2, 0.25) is 0 Å². The fraction of sp³-hybridized carbons (Fsp3) is 0. The first-order chi connectivity index (χ1) is 12.8. The lowest BCUT2D eigenvalue weighted by Gasteiger charge is -2.09. The molecule has 5 aromatic rings. The van der Waals surface area contributed by atoms with Gasteiger partial charge in [0.05, 0.1) is 11.0 Å². The molecule has 0 aliphatic carbocycles. The van der Waals surface area contributed by atoms with Gasteiger partial charge in [-0.3, -0.25) is 0 Å². The van der Waals surface area contributed by atoms with Crippen LogP contribution < -0.4 is 5.46 Å². The molecule has 2 heteroatoms. The lowest BCUT2D eigenvalue weighted by Crippen LogP contribution is -2.00. The zero-order valence-corrected chi connectivity index (χ0v) is 14.3. The Kier molecular flexibility index (Phi) is 3.43. The maximum absolute atomic E-state index is 6.04. The van der Waals surface area contributed by atoms with Gasteiger partial charge < -0.3 is 4.57 Å². The molecule has 0 aliphatic heterocycles. The van der Waals surface area contributed by atoms with Gasteiger partial charge in [0.1, 0.15) is 7.85 Å². The Morgan fingerprint density at radius 1 is 0.538 bits per heavy atom. The van der Waals surface area contributed by atoms with E-state index in [-0.39, 0.29) is 0 Å². The highest BCUT2D eigenvalue weighted by Crippen LogP contribution is 2.32. The van der Waals surface area contributed by atoms with Gasteiger partial charge in [-0.2, -0.15) is 0 Å². The van der Waals surface area contributed by atoms with Gasteiger partial charge >= 0.3 is 0 Å². The van der Waals surface area contributed by atoms with Crippen molar-refractivity contribution in [3.63, 3.8) is 0 Å². The zero-order chi connectivity index (χ0) is 17.5. The molecule has 1 heterocycles. The Morgan fingerprint density at radius 2 is 1.19 bits per heavy atom. The monoisotopic (exact) mass is 329 g/mol. The number of aromatic nitrogens is 1. The summed E-state index contributed by atoms with van der Waals surface area (Å²) in [5.74, 6) is 0. The number of nitrogens with zero attached hydrogens (tertiary/aromatic N) is 1. The minimum Gasteiger partial charge on any atom is -0.309 e. The van der Waals surface area contributed by atoms with E-state index in [1.807, 2.05) is 12.1 Å². The summed E-state index contributed by atoms with van der Waals surface area (Å²) in [5, 5.41) is 2.41. The van der Waals surface area contributed by atoms with Crippen molar-refractivity contribution in [3.8, 4) is 16.8 Å². The molecule has 0 atom stereocenters. The van der Waals surface area contributed by atoms with E-state index < -0.39 is 0 Å². The first kappa shape index (κ1) is 15.0. The van der Waals surface area contributed by atoms with Gasteiger partial charge in [-0.15, -0.1) is 0 Å². The van der Waals surface area contributed by atoms with E-state index >= 15 is 0 Å². The highest BCUT2D eigenvalue weighted by atomic mass is 15.0. The highest BCUT2D eigenvalue weighted by Gasteiger charge is 2.11. The Hall–Kier alpha value is -3.26. The molecule has 0 N–H and O–H groups in total. The molecule has 0 saturated heterocycles. The van der Waals surface area contributed by atoms with Gasteiger partial charge in [-0.25, -0.2) is 0 Å². The summed E-state index contributed by atoms with van der Waals surface area (Å²) in [4.78, 5) is 0. The lowest BCUT2D eigenvalue weighted by molar-refractivity contribution is 1.18. The summed E-state index contributed by atoms with van der Waals surface area (Å²) in [5.41, 5.74) is 6.77. The van der Waals surface area contributed by atoms with Gasteiger partial charge in [0.2, 0.25) is 0 Å². The Labute approximate surface area is 153 Å². The molecule has 0 bridgehead atoms. The summed E-state index contributed by atoms with van der Waals surface area (Å²) in [6.45, 7) is 0. The van der Waals surface area contributed by atoms with Gasteiger partial charge in [-0.05, 0) is 35.4 Å². The Bertz CT molecular complexity index is 1220. The molecular weight excluding hydrogens is 313 g/mol. The summed E-state index contributed by atoms with van der Waals surface area (Å²) >= 11 is 0. The Balaban J connectivity index is 1.73. The van der Waals surface area contributed by atoms with Crippen LogP contribution in [0.5, 0.6) is 0 Å². The highest BCUT2D eigenvalue weighted by molar-refractivity contribution is 6.33. The second-order valence-electron chi connectivity index (χ2n) is 6.54. The smallest absolute Gasteiger partial charge is 0.113 e. The molecule has 4 aromatic carbocycles. The average molecular weight is 329 g/mol. The normalized spacial score (nSPS) is 11.2. The molecule has 26 heavy (non-hydrogen) atoms. The second kappa shape index (κ2) is 5.92. The second-order valence-corrected chi connectivity index (χ2v) is 6.54. The van der Waals surface area contributed by atoms with Crippen molar-refractivity contribution in [3.05, 3.63) is 97.1 Å². The first-order valence-corrected chi connectivity index (χ1v) is 8.76. The van der Waals surface area contributed by atoms with E-state index in [0.29, 0.717) is 0 Å². The molecule has 1 nitrogen and oxygen atoms in total. The zero-order valence-electron chi connectivity index (χ0n) is 14.3. The molecule has 1 aromatic heterocycles. The third kappa shape index (κ3) is 2.34. The number of para-hydroxylation sites is 1. The van der Waals surface area contributed by atoms with Crippen LogP contribution >= 0.6 is 0 Å². The molecular formula is C24H16BN. The van der Waals surface area contributed by atoms with Crippen molar-refractivity contribution >= 4 is 35.1 Å². The van der Waals surface area contributed by atoms with Crippen LogP contribution in [0, 0.1) is 0 Å². The van der Waals surface area contributed by atoms with Crippen LogP contribution in [-0.4, -0.2) is 12.4 Å². The molecule has 2 radical (unpaired) electrons. The van der Waals surface area contributed by atoms with E-state index in [1.165, 1.54) is 32.9 Å². The summed E-state index contributed by atoms with van der Waals surface area (Å²) < 4.78 is 2.30. The number of benzene rings is 4. The van der Waals surface area contributed by atoms with Crippen LogP contribution in [-0.2, 0) is 0 Å². The van der Waals surface area contributed by atoms with Gasteiger partial charge in [0.25, 0.3) is 0 Å². The molecule has 0 fully saturated rings. The van der Waals surface area contributed by atoms with Crippen molar-refractivity contribution in [2.45, 2.75) is 0 Å². The number of hydrogen-bond donors (Lipinski definition) is 0. The van der Waals surface area contributed by atoms with Crippen LogP contribution in [0.4, 0.5) is 0 Å². The van der Waals surface area contributed by atoms with Crippen LogP contribution in [0.15, 0.2) is 97.1 Å². The molecule has 0 aliphatic rings. The van der Waals surface area contributed by atoms with Gasteiger partial charge in [0.15, 0.2) is 0 Å². The summed E-state index contributed by atoms with van der Waals surface area (Å²) in [7, 11) is 6.04. The predicted molar refractivity (Wildman–Crippen MR) is 112 cm³/mol. The quantitative estimate of drug-likeness (QED) is 0.390. The number of rotatable bonds is 2. The topological polar surface area (TPSA) is 4.93 Å². The summed E-state index contributed by atoms with van der Waals surface area (Å²) in [6.07, 6.45) is 0. The van der Waals surface area contributed by atoms with E-state index in [1.54, 1.807) is 0 Å². The maximum Gasteiger partial charge on any atom is 0.113 e. The lowest BCUT2D eigenvalue weighted by atomic mass is 9.94. The first-order valence-electron chi connectivity index (χ1n) is 8.76. The largest absolute Gasteiger partial charge is 0.309 e. The molecule has 5 rings (SSSR count). The summed E-state index contributed by atoms with van der Waals surface area (Å²) in [6, 6.07) is 33.8. The van der Waals surface area contributed by atoms with Crippen molar-refractivity contribution in [1.29, 1.82) is 0 Å². The van der Waals surface area contributed by atoms with Crippen LogP contribution in [0.3, 0.4) is 0 Å². The fourth-order valence-corrected chi connectivity index (χ4v) is 3.70. The molecule has 0 amide bonds. The number of fused-ring (bicyclic) bond motifs is 3. The van der Waals surface area contributed by atoms with Gasteiger partial charge in [-0.1, -0.05) is 78.3 Å². The van der Waals surface area contributed by atoms with E-state index in [0.717, 1.165) is 11.2 Å². The van der Waals surface area contributed by atoms with Crippen molar-refractivity contribution < 1.29 is 0 Å². The van der Waals surface area contributed by atoms with E-state index in [9.17, 15) is 0 Å². The molecule has 0 saturated carbocycles. The Morgan fingerprint density at radius 3 is 2.00 bits per heavy atom. The minimum absolute atomic E-state index is 0.792. The van der Waals surface area contributed by atoms with Crippen LogP contribution in [0.25, 0.3) is 38.6 Å². The van der Waals surface area contributed by atoms with E-state index in [2.05, 4.69) is 89.5 Å².